The maximum Gasteiger partial charge on any atom is 0.263 e. The Morgan fingerprint density at radius 3 is 2.88 bits per heavy atom. The second-order valence-corrected chi connectivity index (χ2v) is 5.48. The van der Waals surface area contributed by atoms with E-state index in [9.17, 15) is 0 Å². The highest BCUT2D eigenvalue weighted by atomic mass is 127. The molecule has 0 aromatic carbocycles. The van der Waals surface area contributed by atoms with Crippen LogP contribution in [0.5, 0.6) is 0 Å². The fourth-order valence-electron chi connectivity index (χ4n) is 1.61. The minimum Gasteiger partial charge on any atom is -0.464 e. The first-order valence-corrected chi connectivity index (χ1v) is 7.11. The summed E-state index contributed by atoms with van der Waals surface area (Å²) < 4.78 is 9.16. The van der Waals surface area contributed by atoms with Crippen molar-refractivity contribution >= 4 is 40.7 Å². The Balaban J connectivity index is 2.41. The van der Waals surface area contributed by atoms with Crippen LogP contribution in [0.1, 0.15) is 18.2 Å². The zero-order valence-corrected chi connectivity index (χ0v) is 12.9. The number of ether oxygens (including phenoxy) is 1. The van der Waals surface area contributed by atoms with Crippen molar-refractivity contribution in [3.8, 4) is 0 Å². The third kappa shape index (κ3) is 2.35. The van der Waals surface area contributed by atoms with Gasteiger partial charge >= 0.3 is 0 Å². The molecule has 0 radical (unpaired) electrons. The van der Waals surface area contributed by atoms with Crippen molar-refractivity contribution in [2.75, 3.05) is 11.0 Å². The van der Waals surface area contributed by atoms with Gasteiger partial charge in [-0.15, -0.1) is 0 Å². The molecule has 1 aliphatic heterocycles. The van der Waals surface area contributed by atoms with Gasteiger partial charge in [-0.3, -0.25) is 4.68 Å². The molecule has 0 amide bonds. The van der Waals surface area contributed by atoms with E-state index in [2.05, 4.69) is 32.8 Å². The average Bonchev–Trinajstić information content (AvgIpc) is 2.53. The topological polar surface area (TPSA) is 51.5 Å². The Bertz CT molecular complexity index is 522. The molecule has 0 saturated heterocycles. The summed E-state index contributed by atoms with van der Waals surface area (Å²) in [6, 6.07) is 0. The van der Waals surface area contributed by atoms with Crippen molar-refractivity contribution in [1.29, 1.82) is 0 Å². The highest BCUT2D eigenvalue weighted by Gasteiger charge is 2.33. The number of aryl methyl sites for hydroxylation is 2. The quantitative estimate of drug-likeness (QED) is 0.496. The van der Waals surface area contributed by atoms with Gasteiger partial charge in [0.25, 0.3) is 5.90 Å². The summed E-state index contributed by atoms with van der Waals surface area (Å²) in [6.07, 6.45) is 0. The highest BCUT2D eigenvalue weighted by Crippen LogP contribution is 2.23. The second-order valence-electron chi connectivity index (χ2n) is 4.33. The molecule has 7 heteroatoms. The molecule has 17 heavy (non-hydrogen) atoms. The largest absolute Gasteiger partial charge is 0.464 e. The van der Waals surface area contributed by atoms with Crippen LogP contribution in [0.4, 0.5) is 0 Å². The van der Waals surface area contributed by atoms with Crippen molar-refractivity contribution < 1.29 is 9.57 Å². The number of nitrogens with one attached hydrogen (secondary N) is 1. The summed E-state index contributed by atoms with van der Waals surface area (Å²) in [5, 5.41) is 7.08. The third-order valence-corrected chi connectivity index (χ3v) is 4.68. The van der Waals surface area contributed by atoms with Gasteiger partial charge in [0.05, 0.1) is 5.56 Å². The van der Waals surface area contributed by atoms with E-state index in [-0.39, 0.29) is 5.60 Å². The molecule has 1 atom stereocenters. The number of hydrogen-bond donors (Lipinski definition) is 1. The van der Waals surface area contributed by atoms with Crippen LogP contribution in [0, 0.1) is 11.6 Å². The van der Waals surface area contributed by atoms with E-state index in [1.54, 1.807) is 4.68 Å². The second kappa shape index (κ2) is 4.60. The molecule has 0 spiro atoms. The molecule has 0 saturated carbocycles. The number of nitrogens with zero attached hydrogens (tertiary/aromatic N) is 2. The minimum atomic E-state index is -0.346. The van der Waals surface area contributed by atoms with Gasteiger partial charge in [0.1, 0.15) is 4.64 Å². The summed E-state index contributed by atoms with van der Waals surface area (Å²) in [5.74, 6) is 0.467. The van der Waals surface area contributed by atoms with E-state index < -0.39 is 0 Å². The van der Waals surface area contributed by atoms with E-state index in [0.717, 1.165) is 15.7 Å². The highest BCUT2D eigenvalue weighted by molar-refractivity contribution is 14.1. The predicted octanol–water partition coefficient (Wildman–Crippen LogP) is 2.29. The van der Waals surface area contributed by atoms with Crippen LogP contribution >= 0.6 is 34.8 Å². The van der Waals surface area contributed by atoms with Crippen LogP contribution in [0.15, 0.2) is 5.16 Å². The van der Waals surface area contributed by atoms with Crippen LogP contribution in [0.25, 0.3) is 0 Å². The molecule has 1 unspecified atom stereocenters. The van der Waals surface area contributed by atoms with Crippen molar-refractivity contribution in [3.63, 3.8) is 0 Å². The Morgan fingerprint density at radius 2 is 2.35 bits per heavy atom. The molecule has 5 nitrogen and oxygen atoms in total. The summed E-state index contributed by atoms with van der Waals surface area (Å²) in [6.45, 7) is 4.40. The number of aromatic amines is 1. The SMILES string of the molecule is Cc1[nH]n(C)c(=S)c1C1=NOCC(C)(CI)O1. The van der Waals surface area contributed by atoms with Gasteiger partial charge in [-0.1, -0.05) is 34.8 Å². The van der Waals surface area contributed by atoms with Gasteiger partial charge < -0.3 is 14.7 Å². The molecular formula is C10H14IN3O2S. The molecule has 0 bridgehead atoms. The molecule has 1 aliphatic rings. The Hall–Kier alpha value is -0.570. The van der Waals surface area contributed by atoms with E-state index in [1.807, 2.05) is 20.9 Å². The predicted molar refractivity (Wildman–Crippen MR) is 76.2 cm³/mol. The van der Waals surface area contributed by atoms with Crippen molar-refractivity contribution in [2.24, 2.45) is 12.2 Å². The molecule has 1 N–H and O–H groups in total. The van der Waals surface area contributed by atoms with Crippen LogP contribution in [-0.4, -0.2) is 32.3 Å². The van der Waals surface area contributed by atoms with E-state index in [1.165, 1.54) is 0 Å². The number of oxime groups is 1. The number of halogens is 1. The number of aromatic nitrogens is 2. The molecule has 0 fully saturated rings. The summed E-state index contributed by atoms with van der Waals surface area (Å²) in [4.78, 5) is 5.25. The molecule has 1 aromatic heterocycles. The fourth-order valence-corrected chi connectivity index (χ4v) is 2.27. The van der Waals surface area contributed by atoms with Gasteiger partial charge in [-0.25, -0.2) is 0 Å². The first-order chi connectivity index (χ1) is 7.97. The Morgan fingerprint density at radius 1 is 1.65 bits per heavy atom. The molecule has 1 aromatic rings. The molecule has 2 rings (SSSR count). The summed E-state index contributed by atoms with van der Waals surface area (Å²) in [7, 11) is 1.86. The number of rotatable bonds is 2. The van der Waals surface area contributed by atoms with Crippen LogP contribution in [0.3, 0.4) is 0 Å². The van der Waals surface area contributed by atoms with Crippen molar-refractivity contribution in [3.05, 3.63) is 15.9 Å². The fraction of sp³-hybridized carbons (Fsp3) is 0.600. The summed E-state index contributed by atoms with van der Waals surface area (Å²) >= 11 is 7.60. The maximum absolute atomic E-state index is 5.90. The van der Waals surface area contributed by atoms with E-state index >= 15 is 0 Å². The van der Waals surface area contributed by atoms with Crippen molar-refractivity contribution in [2.45, 2.75) is 19.4 Å². The standard InChI is InChI=1S/C10H14IN3O2S/c1-6-7(9(17)14(3)12-6)8-13-15-5-10(2,4-11)16-8/h12H,4-5H2,1-3H3. The average molecular weight is 367 g/mol. The molecule has 2 heterocycles. The maximum atomic E-state index is 5.90. The Kier molecular flexibility index (Phi) is 3.48. The molecular weight excluding hydrogens is 353 g/mol. The lowest BCUT2D eigenvalue weighted by atomic mass is 10.1. The normalized spacial score (nSPS) is 23.9. The number of alkyl halides is 1. The first-order valence-electron chi connectivity index (χ1n) is 5.18. The zero-order valence-electron chi connectivity index (χ0n) is 9.91. The van der Waals surface area contributed by atoms with E-state index in [0.29, 0.717) is 17.1 Å². The lowest BCUT2D eigenvalue weighted by Gasteiger charge is -2.31. The number of H-pyrrole nitrogens is 1. The van der Waals surface area contributed by atoms with Crippen LogP contribution in [-0.2, 0) is 16.6 Å². The molecule has 0 aliphatic carbocycles. The van der Waals surface area contributed by atoms with Gasteiger partial charge in [0.2, 0.25) is 0 Å². The lowest BCUT2D eigenvalue weighted by molar-refractivity contribution is -0.0380. The van der Waals surface area contributed by atoms with Gasteiger partial charge in [-0.2, -0.15) is 0 Å². The van der Waals surface area contributed by atoms with Crippen LogP contribution < -0.4 is 0 Å². The van der Waals surface area contributed by atoms with Gasteiger partial charge in [0.15, 0.2) is 12.2 Å². The van der Waals surface area contributed by atoms with Gasteiger partial charge in [0, 0.05) is 17.2 Å². The lowest BCUT2D eigenvalue weighted by Crippen LogP contribution is -2.41. The smallest absolute Gasteiger partial charge is 0.263 e. The zero-order chi connectivity index (χ0) is 12.6. The monoisotopic (exact) mass is 367 g/mol. The van der Waals surface area contributed by atoms with Crippen molar-refractivity contribution in [1.82, 2.24) is 9.78 Å². The number of hydrogen-bond acceptors (Lipinski definition) is 4. The van der Waals surface area contributed by atoms with E-state index in [4.69, 9.17) is 21.8 Å². The minimum absolute atomic E-state index is 0.346. The third-order valence-electron chi connectivity index (χ3n) is 2.59. The van der Waals surface area contributed by atoms with Gasteiger partial charge in [-0.05, 0) is 19.0 Å². The van der Waals surface area contributed by atoms with Crippen LogP contribution in [0.2, 0.25) is 0 Å². The first kappa shape index (κ1) is 12.9. The molecule has 94 valence electrons. The Labute approximate surface area is 118 Å². The summed E-state index contributed by atoms with van der Waals surface area (Å²) in [5.41, 5.74) is 1.39.